The summed E-state index contributed by atoms with van der Waals surface area (Å²) in [5.74, 6) is 0. The van der Waals surface area contributed by atoms with Crippen LogP contribution in [0.3, 0.4) is 0 Å². The van der Waals surface area contributed by atoms with E-state index in [9.17, 15) is 4.79 Å². The Morgan fingerprint density at radius 1 is 1.12 bits per heavy atom. The summed E-state index contributed by atoms with van der Waals surface area (Å²) in [6, 6.07) is 9.55. The lowest BCUT2D eigenvalue weighted by Gasteiger charge is -1.96. The second-order valence-electron chi connectivity index (χ2n) is 3.60. The lowest BCUT2D eigenvalue weighted by atomic mass is 10.1. The van der Waals surface area contributed by atoms with E-state index in [1.165, 1.54) is 0 Å². The number of aromatic amines is 3. The van der Waals surface area contributed by atoms with Crippen molar-refractivity contribution < 1.29 is 0 Å². The van der Waals surface area contributed by atoms with Crippen molar-refractivity contribution in [3.05, 3.63) is 45.5 Å². The zero-order chi connectivity index (χ0) is 11.8. The van der Waals surface area contributed by atoms with Gasteiger partial charge in [-0.3, -0.25) is 14.9 Å². The largest absolute Gasteiger partial charge is 0.315 e. The van der Waals surface area contributed by atoms with Crippen LogP contribution in [0, 0.1) is 4.77 Å². The van der Waals surface area contributed by atoms with Crippen molar-refractivity contribution in [3.63, 3.8) is 0 Å². The zero-order valence-corrected chi connectivity index (χ0v) is 9.47. The SMILES string of the molecule is O=c1[nH]c(=S)[nH]c2n[nH]c(-c3ccccc3)c12. The van der Waals surface area contributed by atoms with Crippen LogP contribution >= 0.6 is 12.2 Å². The van der Waals surface area contributed by atoms with Crippen molar-refractivity contribution in [1.29, 1.82) is 0 Å². The molecule has 2 heterocycles. The van der Waals surface area contributed by atoms with Gasteiger partial charge in [0.05, 0.1) is 5.69 Å². The van der Waals surface area contributed by atoms with Crippen molar-refractivity contribution in [2.45, 2.75) is 0 Å². The summed E-state index contributed by atoms with van der Waals surface area (Å²) < 4.78 is 0.272. The number of nitrogens with zero attached hydrogens (tertiary/aromatic N) is 1. The maximum atomic E-state index is 11.9. The molecule has 0 saturated heterocycles. The number of hydrogen-bond donors (Lipinski definition) is 3. The van der Waals surface area contributed by atoms with E-state index in [0.717, 1.165) is 5.56 Å². The maximum Gasteiger partial charge on any atom is 0.263 e. The number of fused-ring (bicyclic) bond motifs is 1. The van der Waals surface area contributed by atoms with Crippen molar-refractivity contribution in [2.75, 3.05) is 0 Å². The van der Waals surface area contributed by atoms with Crippen LogP contribution < -0.4 is 5.56 Å². The van der Waals surface area contributed by atoms with E-state index in [1.54, 1.807) is 0 Å². The first-order valence-electron chi connectivity index (χ1n) is 5.02. The summed E-state index contributed by atoms with van der Waals surface area (Å²) in [5.41, 5.74) is 1.83. The summed E-state index contributed by atoms with van der Waals surface area (Å²) in [5, 5.41) is 7.39. The lowest BCUT2D eigenvalue weighted by molar-refractivity contribution is 1.08. The Hall–Kier alpha value is -2.21. The Morgan fingerprint density at radius 2 is 1.88 bits per heavy atom. The molecule has 0 aliphatic heterocycles. The zero-order valence-electron chi connectivity index (χ0n) is 8.65. The summed E-state index contributed by atoms with van der Waals surface area (Å²) in [6.45, 7) is 0. The molecule has 0 bridgehead atoms. The monoisotopic (exact) mass is 244 g/mol. The highest BCUT2D eigenvalue weighted by molar-refractivity contribution is 7.71. The van der Waals surface area contributed by atoms with Gasteiger partial charge in [-0.2, -0.15) is 5.10 Å². The highest BCUT2D eigenvalue weighted by atomic mass is 32.1. The molecule has 0 unspecified atom stereocenters. The average molecular weight is 244 g/mol. The van der Waals surface area contributed by atoms with Gasteiger partial charge in [0.25, 0.3) is 5.56 Å². The molecule has 17 heavy (non-hydrogen) atoms. The van der Waals surface area contributed by atoms with Gasteiger partial charge in [-0.25, -0.2) is 0 Å². The molecular formula is C11H8N4OS. The summed E-state index contributed by atoms with van der Waals surface area (Å²) >= 11 is 4.89. The minimum absolute atomic E-state index is 0.239. The van der Waals surface area contributed by atoms with E-state index in [1.807, 2.05) is 30.3 Å². The molecule has 3 rings (SSSR count). The highest BCUT2D eigenvalue weighted by Crippen LogP contribution is 2.21. The van der Waals surface area contributed by atoms with Gasteiger partial charge in [0.15, 0.2) is 10.4 Å². The molecule has 3 N–H and O–H groups in total. The van der Waals surface area contributed by atoms with Gasteiger partial charge in [0, 0.05) is 5.56 Å². The Balaban J connectivity index is 2.40. The smallest absolute Gasteiger partial charge is 0.263 e. The number of nitrogens with one attached hydrogen (secondary N) is 3. The van der Waals surface area contributed by atoms with Crippen molar-refractivity contribution in [2.24, 2.45) is 0 Å². The van der Waals surface area contributed by atoms with Crippen LogP contribution in [0.2, 0.25) is 0 Å². The van der Waals surface area contributed by atoms with Crippen LogP contribution in [-0.2, 0) is 0 Å². The van der Waals surface area contributed by atoms with Gasteiger partial charge in [-0.05, 0) is 12.2 Å². The minimum Gasteiger partial charge on any atom is -0.315 e. The summed E-state index contributed by atoms with van der Waals surface area (Å²) in [4.78, 5) is 17.2. The molecule has 2 aromatic heterocycles. The van der Waals surface area contributed by atoms with E-state index in [0.29, 0.717) is 16.7 Å². The third kappa shape index (κ3) is 1.58. The van der Waals surface area contributed by atoms with E-state index < -0.39 is 0 Å². The number of H-pyrrole nitrogens is 3. The second-order valence-corrected chi connectivity index (χ2v) is 4.00. The van der Waals surface area contributed by atoms with Crippen LogP contribution in [0.15, 0.2) is 35.1 Å². The van der Waals surface area contributed by atoms with Gasteiger partial charge in [0.2, 0.25) is 0 Å². The third-order valence-electron chi connectivity index (χ3n) is 2.51. The lowest BCUT2D eigenvalue weighted by Crippen LogP contribution is -2.07. The Kier molecular flexibility index (Phi) is 2.15. The number of aromatic nitrogens is 4. The molecule has 5 nitrogen and oxygen atoms in total. The van der Waals surface area contributed by atoms with Gasteiger partial charge in [0.1, 0.15) is 5.39 Å². The predicted octanol–water partition coefficient (Wildman–Crippen LogP) is 1.98. The molecule has 0 saturated carbocycles. The average Bonchev–Trinajstić information content (AvgIpc) is 2.74. The maximum absolute atomic E-state index is 11.9. The van der Waals surface area contributed by atoms with E-state index in [4.69, 9.17) is 12.2 Å². The number of hydrogen-bond acceptors (Lipinski definition) is 3. The first kappa shape index (κ1) is 9.98. The molecule has 0 radical (unpaired) electrons. The van der Waals surface area contributed by atoms with E-state index in [2.05, 4.69) is 20.2 Å². The van der Waals surface area contributed by atoms with Crippen molar-refractivity contribution in [1.82, 2.24) is 20.2 Å². The topological polar surface area (TPSA) is 77.3 Å². The first-order valence-corrected chi connectivity index (χ1v) is 5.42. The quantitative estimate of drug-likeness (QED) is 0.573. The van der Waals surface area contributed by atoms with Gasteiger partial charge >= 0.3 is 0 Å². The highest BCUT2D eigenvalue weighted by Gasteiger charge is 2.11. The van der Waals surface area contributed by atoms with Crippen molar-refractivity contribution in [3.8, 4) is 11.3 Å². The Labute approximate surface area is 101 Å². The number of benzene rings is 1. The number of rotatable bonds is 1. The molecule has 0 aliphatic carbocycles. The standard InChI is InChI=1S/C11H8N4OS/c16-10-7-8(6-4-2-1-3-5-6)14-15-9(7)12-11(17)13-10/h1-5H,(H3,12,13,14,15,16,17). The Bertz CT molecular complexity index is 784. The Morgan fingerprint density at radius 3 is 2.65 bits per heavy atom. The summed E-state index contributed by atoms with van der Waals surface area (Å²) in [6.07, 6.45) is 0. The molecule has 3 aromatic rings. The van der Waals surface area contributed by atoms with Crippen LogP contribution in [0.25, 0.3) is 22.3 Å². The predicted molar refractivity (Wildman–Crippen MR) is 67.3 cm³/mol. The fraction of sp³-hybridized carbons (Fsp3) is 0. The third-order valence-corrected chi connectivity index (χ3v) is 2.72. The molecule has 0 fully saturated rings. The molecule has 6 heteroatoms. The van der Waals surface area contributed by atoms with Crippen LogP contribution in [0.1, 0.15) is 0 Å². The van der Waals surface area contributed by atoms with Gasteiger partial charge in [-0.15, -0.1) is 0 Å². The normalized spacial score (nSPS) is 10.8. The minimum atomic E-state index is -0.239. The first-order chi connectivity index (χ1) is 8.25. The van der Waals surface area contributed by atoms with E-state index >= 15 is 0 Å². The molecule has 0 spiro atoms. The second kappa shape index (κ2) is 3.67. The van der Waals surface area contributed by atoms with Crippen LogP contribution in [0.5, 0.6) is 0 Å². The molecular weight excluding hydrogens is 236 g/mol. The molecule has 1 aromatic carbocycles. The van der Waals surface area contributed by atoms with Gasteiger partial charge in [-0.1, -0.05) is 30.3 Å². The summed E-state index contributed by atoms with van der Waals surface area (Å²) in [7, 11) is 0. The molecule has 0 atom stereocenters. The van der Waals surface area contributed by atoms with Crippen LogP contribution in [0.4, 0.5) is 0 Å². The van der Waals surface area contributed by atoms with Crippen molar-refractivity contribution >= 4 is 23.3 Å². The van der Waals surface area contributed by atoms with E-state index in [-0.39, 0.29) is 10.3 Å². The molecule has 0 aliphatic rings. The van der Waals surface area contributed by atoms with Crippen LogP contribution in [-0.4, -0.2) is 20.2 Å². The molecule has 0 amide bonds. The fourth-order valence-electron chi connectivity index (χ4n) is 1.77. The molecule has 84 valence electrons. The fourth-order valence-corrected chi connectivity index (χ4v) is 1.96. The van der Waals surface area contributed by atoms with Gasteiger partial charge < -0.3 is 4.98 Å².